The Labute approximate surface area is 225 Å². The molecule has 0 aliphatic carbocycles. The van der Waals surface area contributed by atoms with Crippen molar-refractivity contribution in [1.29, 1.82) is 0 Å². The molecule has 0 aliphatic rings. The summed E-state index contributed by atoms with van der Waals surface area (Å²) in [6.07, 6.45) is 2.67. The maximum Gasteiger partial charge on any atom is 0.341 e. The minimum atomic E-state index is -0.437. The van der Waals surface area contributed by atoms with E-state index in [0.717, 1.165) is 39.0 Å². The van der Waals surface area contributed by atoms with Crippen molar-refractivity contribution >= 4 is 39.6 Å². The number of hydrogen-bond donors (Lipinski definition) is 0. The third-order valence-corrected chi connectivity index (χ3v) is 7.70. The van der Waals surface area contributed by atoms with Gasteiger partial charge >= 0.3 is 5.97 Å². The number of esters is 1. The largest absolute Gasteiger partial charge is 0.491 e. The van der Waals surface area contributed by atoms with Crippen molar-refractivity contribution in [3.05, 3.63) is 64.5 Å². The molecule has 9 heteroatoms. The number of rotatable bonds is 11. The van der Waals surface area contributed by atoms with Crippen LogP contribution in [0.1, 0.15) is 29.1 Å². The van der Waals surface area contributed by atoms with Gasteiger partial charge in [0.2, 0.25) is 0 Å². The number of nitrogens with zero attached hydrogens (tertiary/aromatic N) is 3. The Balaban J connectivity index is 1.72. The van der Waals surface area contributed by atoms with Crippen LogP contribution in [0, 0.1) is 5.92 Å². The van der Waals surface area contributed by atoms with Crippen LogP contribution in [-0.2, 0) is 15.9 Å². The fourth-order valence-electron chi connectivity index (χ4n) is 3.85. The summed E-state index contributed by atoms with van der Waals surface area (Å²) >= 11 is 3.20. The maximum atomic E-state index is 12.8. The molecule has 0 bridgehead atoms. The van der Waals surface area contributed by atoms with Crippen LogP contribution < -0.4 is 9.64 Å². The number of aromatic nitrogens is 2. The van der Waals surface area contributed by atoms with Crippen LogP contribution in [-0.4, -0.2) is 50.4 Å². The molecule has 194 valence electrons. The average molecular weight is 538 g/mol. The fourth-order valence-corrected chi connectivity index (χ4v) is 5.81. The molecule has 0 atom stereocenters. The molecule has 7 nitrogen and oxygen atoms in total. The molecular weight excluding hydrogens is 506 g/mol. The van der Waals surface area contributed by atoms with Crippen molar-refractivity contribution in [3.63, 3.8) is 0 Å². The van der Waals surface area contributed by atoms with Gasteiger partial charge in [0.1, 0.15) is 23.7 Å². The van der Waals surface area contributed by atoms with Gasteiger partial charge in [0, 0.05) is 41.2 Å². The van der Waals surface area contributed by atoms with Crippen molar-refractivity contribution in [2.75, 3.05) is 39.4 Å². The Hall–Kier alpha value is -3.27. The van der Waals surface area contributed by atoms with Gasteiger partial charge in [-0.15, -0.1) is 22.7 Å². The maximum absolute atomic E-state index is 12.8. The van der Waals surface area contributed by atoms with Crippen LogP contribution in [0.2, 0.25) is 0 Å². The molecule has 37 heavy (non-hydrogen) atoms. The van der Waals surface area contributed by atoms with Crippen molar-refractivity contribution in [2.24, 2.45) is 5.92 Å². The predicted molar refractivity (Wildman–Crippen MR) is 150 cm³/mol. The van der Waals surface area contributed by atoms with Crippen molar-refractivity contribution in [3.8, 4) is 27.4 Å². The predicted octanol–water partition coefficient (Wildman–Crippen LogP) is 6.71. The van der Waals surface area contributed by atoms with Gasteiger partial charge in [-0.25, -0.2) is 14.8 Å². The number of ether oxygens (including phenoxy) is 3. The highest BCUT2D eigenvalue weighted by Crippen LogP contribution is 2.39. The van der Waals surface area contributed by atoms with Gasteiger partial charge in [-0.2, -0.15) is 0 Å². The third kappa shape index (κ3) is 6.36. The number of anilines is 2. The van der Waals surface area contributed by atoms with Gasteiger partial charge in [-0.1, -0.05) is 32.0 Å². The Morgan fingerprint density at radius 1 is 1.08 bits per heavy atom. The molecule has 0 radical (unpaired) electrons. The van der Waals surface area contributed by atoms with E-state index < -0.39 is 5.97 Å². The normalized spacial score (nSPS) is 11.1. The molecule has 4 rings (SSSR count). The molecule has 0 N–H and O–H groups in total. The smallest absolute Gasteiger partial charge is 0.341 e. The van der Waals surface area contributed by atoms with E-state index in [1.165, 1.54) is 12.0 Å². The molecule has 0 saturated carbocycles. The highest BCUT2D eigenvalue weighted by molar-refractivity contribution is 7.16. The second-order valence-electron chi connectivity index (χ2n) is 8.86. The van der Waals surface area contributed by atoms with E-state index in [2.05, 4.69) is 18.8 Å². The molecule has 0 spiro atoms. The van der Waals surface area contributed by atoms with Crippen LogP contribution in [0.25, 0.3) is 21.7 Å². The van der Waals surface area contributed by atoms with E-state index in [4.69, 9.17) is 19.2 Å². The number of carbonyl (C=O) groups excluding carboxylic acids is 1. The standard InChI is InChI=1S/C28H31N3O4S2/c1-18(2)14-24-25(19-8-6-9-21(15-19)35-12-11-33-4)30-28(37-24)31(3)26-22(27(32)34-5)16-20(17-29-26)23-10-7-13-36-23/h6-10,13,15-18H,11-12,14H2,1-5H3. The number of thiophene rings is 1. The Bertz CT molecular complexity index is 1340. The molecule has 4 aromatic rings. The second kappa shape index (κ2) is 12.3. The number of methoxy groups -OCH3 is 2. The summed E-state index contributed by atoms with van der Waals surface area (Å²) in [7, 11) is 4.92. The summed E-state index contributed by atoms with van der Waals surface area (Å²) in [4.78, 5) is 26.5. The zero-order valence-corrected chi connectivity index (χ0v) is 23.3. The van der Waals surface area contributed by atoms with Gasteiger partial charge in [0.15, 0.2) is 5.13 Å². The lowest BCUT2D eigenvalue weighted by Gasteiger charge is -2.18. The lowest BCUT2D eigenvalue weighted by Crippen LogP contribution is -2.16. The van der Waals surface area contributed by atoms with Crippen LogP contribution in [0.4, 0.5) is 10.9 Å². The number of benzene rings is 1. The molecule has 0 unspecified atom stereocenters. The van der Waals surface area contributed by atoms with Crippen LogP contribution in [0.3, 0.4) is 0 Å². The van der Waals surface area contributed by atoms with Crippen LogP contribution in [0.5, 0.6) is 5.75 Å². The molecule has 3 aromatic heterocycles. The quantitative estimate of drug-likeness (QED) is 0.155. The van der Waals surface area contributed by atoms with Gasteiger partial charge in [0.25, 0.3) is 0 Å². The Morgan fingerprint density at radius 3 is 2.62 bits per heavy atom. The van der Waals surface area contributed by atoms with Crippen molar-refractivity contribution in [1.82, 2.24) is 9.97 Å². The average Bonchev–Trinajstić information content (AvgIpc) is 3.58. The Morgan fingerprint density at radius 2 is 1.92 bits per heavy atom. The monoisotopic (exact) mass is 537 g/mol. The van der Waals surface area contributed by atoms with Gasteiger partial charge < -0.3 is 19.1 Å². The SMILES string of the molecule is COCCOc1cccc(-c2nc(N(C)c3ncc(-c4cccs4)cc3C(=O)OC)sc2CC(C)C)c1. The summed E-state index contributed by atoms with van der Waals surface area (Å²) in [5.74, 6) is 1.28. The van der Waals surface area contributed by atoms with Crippen LogP contribution in [0.15, 0.2) is 54.0 Å². The van der Waals surface area contributed by atoms with Crippen LogP contribution >= 0.6 is 22.7 Å². The molecule has 3 heterocycles. The van der Waals surface area contributed by atoms with E-state index in [0.29, 0.717) is 30.5 Å². The molecule has 0 saturated heterocycles. The van der Waals surface area contributed by atoms with E-state index in [-0.39, 0.29) is 0 Å². The van der Waals surface area contributed by atoms with Gasteiger partial charge in [0.05, 0.1) is 19.4 Å². The zero-order valence-electron chi connectivity index (χ0n) is 21.7. The summed E-state index contributed by atoms with van der Waals surface area (Å²) < 4.78 is 16.0. The van der Waals surface area contributed by atoms with Gasteiger partial charge in [-0.05, 0) is 42.0 Å². The lowest BCUT2D eigenvalue weighted by atomic mass is 10.0. The minimum Gasteiger partial charge on any atom is -0.491 e. The first-order valence-corrected chi connectivity index (χ1v) is 13.7. The second-order valence-corrected chi connectivity index (χ2v) is 10.9. The first-order chi connectivity index (χ1) is 17.9. The zero-order chi connectivity index (χ0) is 26.4. The number of pyridine rings is 1. The summed E-state index contributed by atoms with van der Waals surface area (Å²) in [6.45, 7) is 5.39. The Kier molecular flexibility index (Phi) is 8.91. The number of hydrogen-bond acceptors (Lipinski definition) is 9. The van der Waals surface area contributed by atoms with E-state index in [9.17, 15) is 4.79 Å². The molecule has 0 amide bonds. The topological polar surface area (TPSA) is 73.8 Å². The highest BCUT2D eigenvalue weighted by Gasteiger charge is 2.23. The minimum absolute atomic E-state index is 0.395. The number of carbonyl (C=O) groups is 1. The number of thiazole rings is 1. The lowest BCUT2D eigenvalue weighted by molar-refractivity contribution is 0.0601. The van der Waals surface area contributed by atoms with E-state index >= 15 is 0 Å². The molecule has 1 aromatic carbocycles. The van der Waals surface area contributed by atoms with E-state index in [1.54, 1.807) is 36.0 Å². The summed E-state index contributed by atoms with van der Waals surface area (Å²) in [6, 6.07) is 13.8. The molecular formula is C28H31N3O4S2. The van der Waals surface area contributed by atoms with Crippen molar-refractivity contribution < 1.29 is 19.0 Å². The molecule has 0 aliphatic heterocycles. The summed E-state index contributed by atoms with van der Waals surface area (Å²) in [5, 5.41) is 2.75. The van der Waals surface area contributed by atoms with Gasteiger partial charge in [-0.3, -0.25) is 0 Å². The summed E-state index contributed by atoms with van der Waals surface area (Å²) in [5.41, 5.74) is 3.16. The fraction of sp³-hybridized carbons (Fsp3) is 0.321. The van der Waals surface area contributed by atoms with E-state index in [1.807, 2.05) is 59.8 Å². The highest BCUT2D eigenvalue weighted by atomic mass is 32.1. The molecule has 0 fully saturated rings. The third-order valence-electron chi connectivity index (χ3n) is 5.63. The van der Waals surface area contributed by atoms with Crippen molar-refractivity contribution in [2.45, 2.75) is 20.3 Å². The first-order valence-electron chi connectivity index (χ1n) is 12.0. The first kappa shape index (κ1) is 26.8.